The van der Waals surface area contributed by atoms with E-state index >= 15 is 0 Å². The van der Waals surface area contributed by atoms with Gasteiger partial charge in [-0.25, -0.2) is 0 Å². The van der Waals surface area contributed by atoms with Gasteiger partial charge < -0.3 is 15.5 Å². The van der Waals surface area contributed by atoms with Crippen molar-refractivity contribution in [1.82, 2.24) is 5.32 Å². The maximum Gasteiger partial charge on any atom is 0.139 e. The molecule has 3 aliphatic rings. The van der Waals surface area contributed by atoms with E-state index in [4.69, 9.17) is 15.1 Å². The molecule has 4 nitrogen and oxygen atoms in total. The summed E-state index contributed by atoms with van der Waals surface area (Å²) in [6.07, 6.45) is 25.9. The second-order valence-corrected chi connectivity index (χ2v) is 11.3. The molecule has 4 heteroatoms. The third-order valence-electron chi connectivity index (χ3n) is 8.73. The van der Waals surface area contributed by atoms with Crippen LogP contribution in [0.15, 0.2) is 154 Å². The summed E-state index contributed by atoms with van der Waals surface area (Å²) in [7, 11) is 0. The standard InChI is InChI=1S/C38H35N3O/c39-34-23-22-28(26-12-3-1-4-13-26)24-33(34)37(27-14-5-2-6-15-27)41-25-40-35-20-9-7-16-29(35)31-18-11-19-32-30-17-8-10-21-36(30)42-38(31)32/h1-12,14-21,23-26,28-29,35,37H,13,22,39H2,(H,40,41). The molecule has 0 fully saturated rings. The highest BCUT2D eigenvalue weighted by atomic mass is 16.3. The van der Waals surface area contributed by atoms with Crippen molar-refractivity contribution in [2.45, 2.75) is 30.8 Å². The van der Waals surface area contributed by atoms with E-state index in [2.05, 4.69) is 121 Å². The Morgan fingerprint density at radius 3 is 2.50 bits per heavy atom. The van der Waals surface area contributed by atoms with Crippen LogP contribution < -0.4 is 11.1 Å². The van der Waals surface area contributed by atoms with Gasteiger partial charge in [0, 0.05) is 28.0 Å². The molecule has 0 aliphatic heterocycles. The van der Waals surface area contributed by atoms with Gasteiger partial charge in [0.25, 0.3) is 0 Å². The molecule has 1 heterocycles. The number of nitrogens with one attached hydrogen (secondary N) is 1. The zero-order valence-corrected chi connectivity index (χ0v) is 23.5. The molecule has 0 amide bonds. The quantitative estimate of drug-likeness (QED) is 0.180. The van der Waals surface area contributed by atoms with Gasteiger partial charge in [0.2, 0.25) is 0 Å². The van der Waals surface area contributed by atoms with Crippen LogP contribution in [0, 0.1) is 11.8 Å². The number of hydrogen-bond donors (Lipinski definition) is 2. The van der Waals surface area contributed by atoms with Crippen LogP contribution in [-0.4, -0.2) is 12.4 Å². The molecule has 3 N–H and O–H groups in total. The predicted molar refractivity (Wildman–Crippen MR) is 174 cm³/mol. The van der Waals surface area contributed by atoms with Gasteiger partial charge in [-0.05, 0) is 41.9 Å². The van der Waals surface area contributed by atoms with Gasteiger partial charge >= 0.3 is 0 Å². The SMILES string of the molecule is NC1=CCC(C2C=CC=CC2)C=C1C(/N=C/NC1C=CC=CC1c1cccc2c1oc1ccccc12)c1ccccc1. The van der Waals surface area contributed by atoms with Crippen molar-refractivity contribution in [3.8, 4) is 0 Å². The number of nitrogens with two attached hydrogens (primary N) is 1. The molecule has 208 valence electrons. The third kappa shape index (κ3) is 5.05. The van der Waals surface area contributed by atoms with Gasteiger partial charge in [-0.2, -0.15) is 0 Å². The van der Waals surface area contributed by atoms with Crippen LogP contribution in [0.1, 0.15) is 35.9 Å². The molecule has 0 bridgehead atoms. The maximum absolute atomic E-state index is 6.64. The maximum atomic E-state index is 6.64. The first-order valence-corrected chi connectivity index (χ1v) is 14.8. The molecule has 0 radical (unpaired) electrons. The number of furan rings is 1. The number of allylic oxidation sites excluding steroid dienone is 8. The zero-order chi connectivity index (χ0) is 28.3. The Bertz CT molecular complexity index is 1800. The van der Waals surface area contributed by atoms with Gasteiger partial charge in [-0.15, -0.1) is 0 Å². The minimum absolute atomic E-state index is 0.0223. The van der Waals surface area contributed by atoms with Crippen LogP contribution >= 0.6 is 0 Å². The lowest BCUT2D eigenvalue weighted by Gasteiger charge is -2.29. The largest absolute Gasteiger partial charge is 0.456 e. The molecule has 3 aromatic carbocycles. The normalized spacial score (nSPS) is 24.3. The first-order valence-electron chi connectivity index (χ1n) is 14.8. The van der Waals surface area contributed by atoms with E-state index in [-0.39, 0.29) is 18.0 Å². The lowest BCUT2D eigenvalue weighted by Crippen LogP contribution is -2.33. The smallest absolute Gasteiger partial charge is 0.139 e. The summed E-state index contributed by atoms with van der Waals surface area (Å²) in [6.45, 7) is 0. The molecular weight excluding hydrogens is 514 g/mol. The molecule has 0 spiro atoms. The van der Waals surface area contributed by atoms with Crippen LogP contribution in [0.5, 0.6) is 0 Å². The molecule has 4 aromatic rings. The fraction of sp³-hybridized carbons (Fsp3) is 0.184. The molecule has 0 saturated carbocycles. The van der Waals surface area contributed by atoms with Crippen molar-refractivity contribution in [2.24, 2.45) is 22.6 Å². The predicted octanol–water partition coefficient (Wildman–Crippen LogP) is 8.44. The van der Waals surface area contributed by atoms with Crippen LogP contribution in [0.4, 0.5) is 0 Å². The van der Waals surface area contributed by atoms with E-state index in [9.17, 15) is 0 Å². The minimum Gasteiger partial charge on any atom is -0.456 e. The Balaban J connectivity index is 1.18. The zero-order valence-electron chi connectivity index (χ0n) is 23.5. The van der Waals surface area contributed by atoms with Gasteiger partial charge in [0.1, 0.15) is 17.2 Å². The molecule has 3 aliphatic carbocycles. The molecule has 1 aromatic heterocycles. The fourth-order valence-corrected chi connectivity index (χ4v) is 6.52. The Labute approximate surface area is 247 Å². The first kappa shape index (κ1) is 26.1. The van der Waals surface area contributed by atoms with E-state index in [1.165, 1.54) is 0 Å². The van der Waals surface area contributed by atoms with Crippen molar-refractivity contribution < 1.29 is 4.42 Å². The molecule has 0 saturated heterocycles. The van der Waals surface area contributed by atoms with Crippen LogP contribution in [0.2, 0.25) is 0 Å². The van der Waals surface area contributed by atoms with Crippen LogP contribution in [-0.2, 0) is 0 Å². The Kier molecular flexibility index (Phi) is 7.19. The molecule has 5 atom stereocenters. The monoisotopic (exact) mass is 549 g/mol. The third-order valence-corrected chi connectivity index (χ3v) is 8.73. The second kappa shape index (κ2) is 11.6. The highest BCUT2D eigenvalue weighted by molar-refractivity contribution is 6.06. The van der Waals surface area contributed by atoms with Crippen molar-refractivity contribution in [1.29, 1.82) is 0 Å². The van der Waals surface area contributed by atoms with E-state index in [1.54, 1.807) is 0 Å². The average Bonchev–Trinajstić information content (AvgIpc) is 3.44. The number of fused-ring (bicyclic) bond motifs is 3. The van der Waals surface area contributed by atoms with Crippen LogP contribution in [0.25, 0.3) is 21.9 Å². The number of rotatable bonds is 7. The Morgan fingerprint density at radius 2 is 1.62 bits per heavy atom. The van der Waals surface area contributed by atoms with E-state index < -0.39 is 0 Å². The molecular formula is C38H35N3O. The van der Waals surface area contributed by atoms with Crippen molar-refractivity contribution >= 4 is 28.3 Å². The first-order chi connectivity index (χ1) is 20.8. The van der Waals surface area contributed by atoms with Crippen molar-refractivity contribution in [3.63, 3.8) is 0 Å². The summed E-state index contributed by atoms with van der Waals surface area (Å²) < 4.78 is 6.38. The van der Waals surface area contributed by atoms with E-state index in [0.29, 0.717) is 11.8 Å². The summed E-state index contributed by atoms with van der Waals surface area (Å²) in [5.74, 6) is 0.979. The number of nitrogens with zero attached hydrogens (tertiary/aromatic N) is 1. The minimum atomic E-state index is -0.193. The molecule has 7 rings (SSSR count). The fourth-order valence-electron chi connectivity index (χ4n) is 6.52. The van der Waals surface area contributed by atoms with Crippen molar-refractivity contribution in [2.75, 3.05) is 0 Å². The topological polar surface area (TPSA) is 63.5 Å². The number of aliphatic imine (C=N–C) groups is 1. The Morgan fingerprint density at radius 1 is 0.810 bits per heavy atom. The summed E-state index contributed by atoms with van der Waals surface area (Å²) >= 11 is 0. The highest BCUT2D eigenvalue weighted by Gasteiger charge is 2.27. The molecule has 42 heavy (non-hydrogen) atoms. The number of hydrogen-bond acceptors (Lipinski definition) is 3. The van der Waals surface area contributed by atoms with Gasteiger partial charge in [-0.3, -0.25) is 4.99 Å². The molecule has 5 unspecified atom stereocenters. The number of para-hydroxylation sites is 2. The summed E-state index contributed by atoms with van der Waals surface area (Å²) in [5.41, 5.74) is 12.7. The van der Waals surface area contributed by atoms with Gasteiger partial charge in [0.15, 0.2) is 0 Å². The number of benzene rings is 3. The summed E-state index contributed by atoms with van der Waals surface area (Å²) in [5, 5.41) is 5.91. The average molecular weight is 550 g/mol. The second-order valence-electron chi connectivity index (χ2n) is 11.3. The summed E-state index contributed by atoms with van der Waals surface area (Å²) in [6, 6.07) is 25.0. The Hall–Kier alpha value is -4.83. The van der Waals surface area contributed by atoms with Crippen LogP contribution in [0.3, 0.4) is 0 Å². The van der Waals surface area contributed by atoms with Gasteiger partial charge in [-0.1, -0.05) is 127 Å². The van der Waals surface area contributed by atoms with Gasteiger partial charge in [0.05, 0.1) is 12.4 Å². The lowest BCUT2D eigenvalue weighted by atomic mass is 9.79. The lowest BCUT2D eigenvalue weighted by molar-refractivity contribution is 0.470. The summed E-state index contributed by atoms with van der Waals surface area (Å²) in [4.78, 5) is 5.13. The highest BCUT2D eigenvalue weighted by Crippen LogP contribution is 2.39. The van der Waals surface area contributed by atoms with E-state index in [0.717, 1.165) is 57.2 Å². The van der Waals surface area contributed by atoms with E-state index in [1.807, 2.05) is 24.5 Å². The van der Waals surface area contributed by atoms with Crippen molar-refractivity contribution in [3.05, 3.63) is 156 Å².